The Hall–Kier alpha value is -2.04. The minimum Gasteiger partial charge on any atom is -0.453 e. The zero-order chi connectivity index (χ0) is 21.7. The quantitative estimate of drug-likeness (QED) is 0.715. The fourth-order valence-corrected chi connectivity index (χ4v) is 5.94. The summed E-state index contributed by atoms with van der Waals surface area (Å²) in [5.74, 6) is 1.51. The van der Waals surface area contributed by atoms with Gasteiger partial charge in [-0.3, -0.25) is 4.79 Å². The number of carbonyl (C=O) groups is 2. The lowest BCUT2D eigenvalue weighted by atomic mass is 9.67. The Morgan fingerprint density at radius 2 is 1.90 bits per heavy atom. The van der Waals surface area contributed by atoms with Crippen LogP contribution in [0.2, 0.25) is 0 Å². The van der Waals surface area contributed by atoms with Crippen molar-refractivity contribution < 1.29 is 14.3 Å². The van der Waals surface area contributed by atoms with Gasteiger partial charge < -0.3 is 14.5 Å². The van der Waals surface area contributed by atoms with Crippen LogP contribution in [0.15, 0.2) is 24.3 Å². The van der Waals surface area contributed by atoms with Crippen molar-refractivity contribution >= 4 is 12.0 Å². The van der Waals surface area contributed by atoms with E-state index in [1.807, 2.05) is 6.92 Å². The molecule has 5 heteroatoms. The van der Waals surface area contributed by atoms with E-state index in [0.717, 1.165) is 25.9 Å². The number of hydrogen-bond acceptors (Lipinski definition) is 3. The molecule has 5 nitrogen and oxygen atoms in total. The first-order chi connectivity index (χ1) is 14.2. The topological polar surface area (TPSA) is 49.9 Å². The van der Waals surface area contributed by atoms with E-state index in [-0.39, 0.29) is 23.5 Å². The molecule has 164 valence electrons. The SMILES string of the molecule is COC(=O)N(C)[C@]1(C)C[C@H](C(=O)N2CC3(CCC(c4cccc(C(C)C)c4)C3)C2)C1. The Bertz CT molecular complexity index is 821. The van der Waals surface area contributed by atoms with Gasteiger partial charge >= 0.3 is 6.09 Å². The lowest BCUT2D eigenvalue weighted by molar-refractivity contribution is -0.155. The fourth-order valence-electron chi connectivity index (χ4n) is 5.94. The van der Waals surface area contributed by atoms with Gasteiger partial charge in [0, 0.05) is 37.0 Å². The lowest BCUT2D eigenvalue weighted by Gasteiger charge is -2.54. The van der Waals surface area contributed by atoms with Gasteiger partial charge in [-0.1, -0.05) is 38.1 Å². The molecule has 4 rings (SSSR count). The molecule has 1 aliphatic heterocycles. The van der Waals surface area contributed by atoms with Gasteiger partial charge in [-0.05, 0) is 62.0 Å². The molecule has 0 N–H and O–H groups in total. The molecular weight excluding hydrogens is 376 g/mol. The van der Waals surface area contributed by atoms with Crippen LogP contribution in [-0.2, 0) is 9.53 Å². The van der Waals surface area contributed by atoms with Crippen LogP contribution in [0.3, 0.4) is 0 Å². The average Bonchev–Trinajstić information content (AvgIpc) is 3.14. The summed E-state index contributed by atoms with van der Waals surface area (Å²) in [6.07, 6.45) is 4.78. The highest BCUT2D eigenvalue weighted by atomic mass is 16.5. The maximum absolute atomic E-state index is 13.0. The Labute approximate surface area is 180 Å². The van der Waals surface area contributed by atoms with E-state index < -0.39 is 0 Å². The van der Waals surface area contributed by atoms with Gasteiger partial charge in [-0.15, -0.1) is 0 Å². The molecule has 3 aliphatic rings. The summed E-state index contributed by atoms with van der Waals surface area (Å²) in [5.41, 5.74) is 2.95. The first kappa shape index (κ1) is 21.2. The Balaban J connectivity index is 1.30. The summed E-state index contributed by atoms with van der Waals surface area (Å²) in [4.78, 5) is 28.5. The number of nitrogens with zero attached hydrogens (tertiary/aromatic N) is 2. The second-order valence-corrected chi connectivity index (χ2v) is 10.6. The van der Waals surface area contributed by atoms with Crippen LogP contribution in [0.5, 0.6) is 0 Å². The van der Waals surface area contributed by atoms with Crippen molar-refractivity contribution in [2.24, 2.45) is 11.3 Å². The van der Waals surface area contributed by atoms with E-state index in [1.165, 1.54) is 37.5 Å². The molecule has 1 aromatic carbocycles. The number of ether oxygens (including phenoxy) is 1. The number of benzene rings is 1. The van der Waals surface area contributed by atoms with Crippen LogP contribution < -0.4 is 0 Å². The largest absolute Gasteiger partial charge is 0.453 e. The minimum atomic E-state index is -0.329. The van der Waals surface area contributed by atoms with Gasteiger partial charge in [0.25, 0.3) is 0 Å². The van der Waals surface area contributed by atoms with Gasteiger partial charge in [-0.25, -0.2) is 4.79 Å². The maximum atomic E-state index is 13.0. The second kappa shape index (κ2) is 7.58. The van der Waals surface area contributed by atoms with Crippen molar-refractivity contribution in [3.8, 4) is 0 Å². The molecule has 30 heavy (non-hydrogen) atoms. The number of methoxy groups -OCH3 is 1. The molecule has 1 spiro atoms. The summed E-state index contributed by atoms with van der Waals surface area (Å²) in [5, 5.41) is 0. The van der Waals surface area contributed by atoms with E-state index in [4.69, 9.17) is 4.74 Å². The highest BCUT2D eigenvalue weighted by molar-refractivity contribution is 5.82. The van der Waals surface area contributed by atoms with E-state index in [0.29, 0.717) is 17.3 Å². The highest BCUT2D eigenvalue weighted by Gasteiger charge is 2.54. The molecule has 1 unspecified atom stereocenters. The molecule has 0 bridgehead atoms. The van der Waals surface area contributed by atoms with E-state index >= 15 is 0 Å². The summed E-state index contributed by atoms with van der Waals surface area (Å²) < 4.78 is 4.83. The van der Waals surface area contributed by atoms with Crippen molar-refractivity contribution in [2.75, 3.05) is 27.2 Å². The first-order valence-electron chi connectivity index (χ1n) is 11.4. The minimum absolute atomic E-state index is 0.0411. The zero-order valence-corrected chi connectivity index (χ0v) is 19.1. The van der Waals surface area contributed by atoms with Crippen LogP contribution in [0.4, 0.5) is 4.79 Å². The number of hydrogen-bond donors (Lipinski definition) is 0. The van der Waals surface area contributed by atoms with Gasteiger partial charge in [0.1, 0.15) is 0 Å². The molecule has 2 aliphatic carbocycles. The standard InChI is InChI=1S/C25H36N2O3/c1-17(2)18-7-6-8-19(11-18)20-9-10-25(14-20)15-27(16-25)22(28)21-12-24(3,13-21)26(4)23(29)30-5/h6-8,11,17,20-21H,9-10,12-16H2,1-5H3/t20?,21-,24+. The third kappa shape index (κ3) is 3.61. The predicted molar refractivity (Wildman–Crippen MR) is 117 cm³/mol. The van der Waals surface area contributed by atoms with Crippen LogP contribution in [0.25, 0.3) is 0 Å². The highest BCUT2D eigenvalue weighted by Crippen LogP contribution is 2.53. The van der Waals surface area contributed by atoms with Crippen molar-refractivity contribution in [1.29, 1.82) is 0 Å². The molecule has 2 saturated carbocycles. The molecule has 1 aromatic rings. The maximum Gasteiger partial charge on any atom is 0.409 e. The normalized spacial score (nSPS) is 29.5. The molecule has 2 amide bonds. The van der Waals surface area contributed by atoms with Gasteiger partial charge in [0.15, 0.2) is 0 Å². The predicted octanol–water partition coefficient (Wildman–Crippen LogP) is 4.77. The number of likely N-dealkylation sites (tertiary alicyclic amines) is 1. The Kier molecular flexibility index (Phi) is 5.36. The van der Waals surface area contributed by atoms with Crippen LogP contribution >= 0.6 is 0 Å². The Morgan fingerprint density at radius 3 is 2.53 bits per heavy atom. The van der Waals surface area contributed by atoms with E-state index in [9.17, 15) is 9.59 Å². The first-order valence-corrected chi connectivity index (χ1v) is 11.4. The summed E-state index contributed by atoms with van der Waals surface area (Å²) in [6, 6.07) is 9.10. The summed E-state index contributed by atoms with van der Waals surface area (Å²) in [6.45, 7) is 8.36. The number of carbonyl (C=O) groups excluding carboxylic acids is 2. The fraction of sp³-hybridized carbons (Fsp3) is 0.680. The molecule has 3 fully saturated rings. The summed E-state index contributed by atoms with van der Waals surface area (Å²) >= 11 is 0. The third-order valence-corrected chi connectivity index (χ3v) is 8.10. The zero-order valence-electron chi connectivity index (χ0n) is 19.1. The summed E-state index contributed by atoms with van der Waals surface area (Å²) in [7, 11) is 3.16. The molecule has 0 aromatic heterocycles. The van der Waals surface area contributed by atoms with Crippen LogP contribution in [0.1, 0.15) is 75.8 Å². The van der Waals surface area contributed by atoms with E-state index in [2.05, 4.69) is 43.0 Å². The van der Waals surface area contributed by atoms with Gasteiger partial charge in [0.05, 0.1) is 7.11 Å². The van der Waals surface area contributed by atoms with Crippen molar-refractivity contribution in [2.45, 2.75) is 70.3 Å². The monoisotopic (exact) mass is 412 g/mol. The number of amides is 2. The van der Waals surface area contributed by atoms with Gasteiger partial charge in [-0.2, -0.15) is 0 Å². The van der Waals surface area contributed by atoms with Gasteiger partial charge in [0.2, 0.25) is 5.91 Å². The molecule has 1 heterocycles. The van der Waals surface area contributed by atoms with E-state index in [1.54, 1.807) is 11.9 Å². The number of rotatable bonds is 4. The van der Waals surface area contributed by atoms with Crippen molar-refractivity contribution in [3.05, 3.63) is 35.4 Å². The van der Waals surface area contributed by atoms with Crippen LogP contribution in [-0.4, -0.2) is 54.6 Å². The average molecular weight is 413 g/mol. The molecule has 1 saturated heterocycles. The van der Waals surface area contributed by atoms with Crippen molar-refractivity contribution in [1.82, 2.24) is 9.80 Å². The van der Waals surface area contributed by atoms with Crippen molar-refractivity contribution in [3.63, 3.8) is 0 Å². The van der Waals surface area contributed by atoms with Crippen LogP contribution in [0, 0.1) is 11.3 Å². The lowest BCUT2D eigenvalue weighted by Crippen LogP contribution is -2.63. The molecule has 0 radical (unpaired) electrons. The second-order valence-electron chi connectivity index (χ2n) is 10.6. The smallest absolute Gasteiger partial charge is 0.409 e. The Morgan fingerprint density at radius 1 is 1.20 bits per heavy atom. The third-order valence-electron chi connectivity index (χ3n) is 8.10. The molecular formula is C25H36N2O3. The molecule has 1 atom stereocenters.